The predicted molar refractivity (Wildman–Crippen MR) is 68.5 cm³/mol. The van der Waals surface area contributed by atoms with Gasteiger partial charge in [0.1, 0.15) is 15.1 Å². The van der Waals surface area contributed by atoms with Crippen LogP contribution in [0, 0.1) is 0 Å². The Hall–Kier alpha value is -1.13. The van der Waals surface area contributed by atoms with Gasteiger partial charge in [0.15, 0.2) is 0 Å². The smallest absolute Gasteiger partial charge is 0.425 e. The lowest BCUT2D eigenvalue weighted by molar-refractivity contribution is -0.141. The highest BCUT2D eigenvalue weighted by Crippen LogP contribution is 2.39. The summed E-state index contributed by atoms with van der Waals surface area (Å²) in [6.07, 6.45) is -4.12. The zero-order valence-corrected chi connectivity index (χ0v) is 12.4. The number of hydrogen-bond donors (Lipinski definition) is 1. The molecule has 0 spiro atoms. The SMILES string of the molecule is C[C@@H]1CC[C@H](C(=O)O)N1S(=O)(=O)c1ccc(C(F)(F)F)s1. The van der Waals surface area contributed by atoms with Gasteiger partial charge in [-0.1, -0.05) is 0 Å². The van der Waals surface area contributed by atoms with Gasteiger partial charge in [-0.05, 0) is 31.9 Å². The van der Waals surface area contributed by atoms with Gasteiger partial charge in [-0.2, -0.15) is 17.5 Å². The number of sulfonamides is 1. The van der Waals surface area contributed by atoms with Crippen LogP contribution in [0.5, 0.6) is 0 Å². The fourth-order valence-electron chi connectivity index (χ4n) is 2.31. The molecule has 2 rings (SSSR count). The third kappa shape index (κ3) is 2.92. The molecule has 5 nitrogen and oxygen atoms in total. The average Bonchev–Trinajstić information content (AvgIpc) is 2.93. The van der Waals surface area contributed by atoms with Crippen LogP contribution in [-0.4, -0.2) is 35.9 Å². The van der Waals surface area contributed by atoms with Crippen LogP contribution in [0.1, 0.15) is 24.6 Å². The second kappa shape index (κ2) is 5.25. The highest BCUT2D eigenvalue weighted by molar-refractivity contribution is 7.91. The molecular weight excluding hydrogens is 331 g/mol. The molecule has 1 N–H and O–H groups in total. The summed E-state index contributed by atoms with van der Waals surface area (Å²) in [7, 11) is -4.25. The Kier molecular flexibility index (Phi) is 4.06. The van der Waals surface area contributed by atoms with Gasteiger partial charge in [0.25, 0.3) is 10.0 Å². The van der Waals surface area contributed by atoms with Gasteiger partial charge < -0.3 is 5.11 Å². The van der Waals surface area contributed by atoms with Crippen LogP contribution < -0.4 is 0 Å². The van der Waals surface area contributed by atoms with Crippen LogP contribution >= 0.6 is 11.3 Å². The van der Waals surface area contributed by atoms with Gasteiger partial charge in [0.05, 0.1) is 0 Å². The molecule has 1 aromatic heterocycles. The molecule has 0 radical (unpaired) electrons. The van der Waals surface area contributed by atoms with Gasteiger partial charge in [-0.3, -0.25) is 4.79 Å². The molecule has 1 aliphatic heterocycles. The molecule has 1 aromatic rings. The fourth-order valence-corrected chi connectivity index (χ4v) is 5.42. The topological polar surface area (TPSA) is 74.7 Å². The molecular formula is C11H12F3NO4S2. The zero-order valence-electron chi connectivity index (χ0n) is 10.8. The minimum Gasteiger partial charge on any atom is -0.480 e. The summed E-state index contributed by atoms with van der Waals surface area (Å²) in [6, 6.07) is -0.241. The second-order valence-electron chi connectivity index (χ2n) is 4.73. The van der Waals surface area contributed by atoms with Gasteiger partial charge in [0, 0.05) is 6.04 Å². The molecule has 21 heavy (non-hydrogen) atoms. The van der Waals surface area contributed by atoms with E-state index in [0.29, 0.717) is 12.5 Å². The molecule has 1 aliphatic rings. The van der Waals surface area contributed by atoms with Gasteiger partial charge in [0.2, 0.25) is 0 Å². The largest absolute Gasteiger partial charge is 0.480 e. The van der Waals surface area contributed by atoms with E-state index in [1.54, 1.807) is 6.92 Å². The molecule has 10 heteroatoms. The van der Waals surface area contributed by atoms with E-state index in [1.165, 1.54) is 0 Å². The van der Waals surface area contributed by atoms with E-state index in [4.69, 9.17) is 5.11 Å². The third-order valence-corrected chi connectivity index (χ3v) is 6.90. The van der Waals surface area contributed by atoms with Crippen LogP contribution in [0.2, 0.25) is 0 Å². The number of nitrogens with zero attached hydrogens (tertiary/aromatic N) is 1. The first-order chi connectivity index (χ1) is 9.55. The first-order valence-electron chi connectivity index (χ1n) is 5.98. The van der Waals surface area contributed by atoms with Crippen molar-refractivity contribution in [2.24, 2.45) is 0 Å². The van der Waals surface area contributed by atoms with E-state index in [0.717, 1.165) is 10.4 Å². The first-order valence-corrected chi connectivity index (χ1v) is 8.24. The second-order valence-corrected chi connectivity index (χ2v) is 7.89. The summed E-state index contributed by atoms with van der Waals surface area (Å²) in [4.78, 5) is 10.1. The Morgan fingerprint density at radius 1 is 1.38 bits per heavy atom. The van der Waals surface area contributed by atoms with Crippen molar-refractivity contribution in [3.05, 3.63) is 17.0 Å². The number of hydrogen-bond acceptors (Lipinski definition) is 4. The summed E-state index contributed by atoms with van der Waals surface area (Å²) in [5.74, 6) is -1.30. The summed E-state index contributed by atoms with van der Waals surface area (Å²) in [5.41, 5.74) is 0. The molecule has 0 amide bonds. The number of carbonyl (C=O) groups is 1. The summed E-state index contributed by atoms with van der Waals surface area (Å²) >= 11 is 0.102. The van der Waals surface area contributed by atoms with Crippen LogP contribution in [0.4, 0.5) is 13.2 Å². The lowest BCUT2D eigenvalue weighted by Crippen LogP contribution is -2.43. The highest BCUT2D eigenvalue weighted by atomic mass is 32.2. The monoisotopic (exact) mass is 343 g/mol. The van der Waals surface area contributed by atoms with Crippen LogP contribution in [0.25, 0.3) is 0 Å². The normalized spacial score (nSPS) is 24.4. The van der Waals surface area contributed by atoms with Crippen molar-refractivity contribution in [3.63, 3.8) is 0 Å². The highest BCUT2D eigenvalue weighted by Gasteiger charge is 2.45. The zero-order chi connectivity index (χ0) is 16.0. The molecule has 2 atom stereocenters. The lowest BCUT2D eigenvalue weighted by Gasteiger charge is -2.24. The molecule has 0 saturated carbocycles. The molecule has 2 heterocycles. The van der Waals surface area contributed by atoms with Crippen molar-refractivity contribution in [2.75, 3.05) is 0 Å². The van der Waals surface area contributed by atoms with E-state index in [1.807, 2.05) is 0 Å². The standard InChI is InChI=1S/C11H12F3NO4S2/c1-6-2-3-7(10(16)17)15(6)21(18,19)9-5-4-8(20-9)11(12,13)14/h4-7H,2-3H2,1H3,(H,16,17)/t6-,7-/m1/s1. The van der Waals surface area contributed by atoms with E-state index in [9.17, 15) is 26.4 Å². The molecule has 1 saturated heterocycles. The molecule has 0 aliphatic carbocycles. The number of thiophene rings is 1. The Bertz CT molecular complexity index is 653. The third-order valence-electron chi connectivity index (χ3n) is 3.28. The molecule has 0 unspecified atom stereocenters. The van der Waals surface area contributed by atoms with E-state index in [-0.39, 0.29) is 17.8 Å². The van der Waals surface area contributed by atoms with Crippen molar-refractivity contribution in [2.45, 2.75) is 42.2 Å². The molecule has 0 aromatic carbocycles. The Morgan fingerprint density at radius 2 is 2.00 bits per heavy atom. The van der Waals surface area contributed by atoms with E-state index < -0.39 is 43.3 Å². The number of rotatable bonds is 3. The van der Waals surface area contributed by atoms with Crippen LogP contribution in [0.15, 0.2) is 16.3 Å². The Balaban J connectivity index is 2.42. The van der Waals surface area contributed by atoms with Gasteiger partial charge in [-0.15, -0.1) is 11.3 Å². The van der Waals surface area contributed by atoms with Crippen molar-refractivity contribution in [1.82, 2.24) is 4.31 Å². The molecule has 118 valence electrons. The fraction of sp³-hybridized carbons (Fsp3) is 0.545. The Labute approximate surface area is 123 Å². The number of aliphatic carboxylic acids is 1. The summed E-state index contributed by atoms with van der Waals surface area (Å²) in [6.45, 7) is 1.54. The maximum Gasteiger partial charge on any atom is 0.425 e. The average molecular weight is 343 g/mol. The van der Waals surface area contributed by atoms with Gasteiger partial charge in [-0.25, -0.2) is 8.42 Å². The maximum atomic E-state index is 12.6. The molecule has 1 fully saturated rings. The van der Waals surface area contributed by atoms with E-state index >= 15 is 0 Å². The van der Waals surface area contributed by atoms with Crippen molar-refractivity contribution in [3.8, 4) is 0 Å². The van der Waals surface area contributed by atoms with Crippen molar-refractivity contribution in [1.29, 1.82) is 0 Å². The molecule has 0 bridgehead atoms. The quantitative estimate of drug-likeness (QED) is 0.914. The summed E-state index contributed by atoms with van der Waals surface area (Å²) < 4.78 is 62.8. The number of carboxylic acid groups (broad SMARTS) is 1. The van der Waals surface area contributed by atoms with Crippen LogP contribution in [-0.2, 0) is 21.0 Å². The Morgan fingerprint density at radius 3 is 2.48 bits per heavy atom. The number of carboxylic acids is 1. The maximum absolute atomic E-state index is 12.6. The number of halogens is 3. The number of alkyl halides is 3. The van der Waals surface area contributed by atoms with Crippen LogP contribution in [0.3, 0.4) is 0 Å². The van der Waals surface area contributed by atoms with Gasteiger partial charge >= 0.3 is 12.1 Å². The minimum absolute atomic E-state index is 0.102. The predicted octanol–water partition coefficient (Wildman–Crippen LogP) is 2.39. The first kappa shape index (κ1) is 16.2. The summed E-state index contributed by atoms with van der Waals surface area (Å²) in [5, 5.41) is 9.06. The van der Waals surface area contributed by atoms with Crippen molar-refractivity contribution >= 4 is 27.3 Å². The lowest BCUT2D eigenvalue weighted by atomic mass is 10.2. The minimum atomic E-state index is -4.62. The van der Waals surface area contributed by atoms with Crippen molar-refractivity contribution < 1.29 is 31.5 Å². The van der Waals surface area contributed by atoms with E-state index in [2.05, 4.69) is 0 Å².